The van der Waals surface area contributed by atoms with Crippen LogP contribution in [0.1, 0.15) is 23.7 Å². The lowest BCUT2D eigenvalue weighted by molar-refractivity contribution is -0.142. The van der Waals surface area contributed by atoms with Gasteiger partial charge in [-0.05, 0) is 26.0 Å². The van der Waals surface area contributed by atoms with Crippen molar-refractivity contribution in [3.05, 3.63) is 52.2 Å². The number of rotatable bonds is 6. The van der Waals surface area contributed by atoms with Crippen molar-refractivity contribution in [2.75, 3.05) is 37.7 Å². The van der Waals surface area contributed by atoms with Crippen LogP contribution in [0.25, 0.3) is 5.78 Å². The van der Waals surface area contributed by atoms with Gasteiger partial charge in [0.15, 0.2) is 0 Å². The van der Waals surface area contributed by atoms with Crippen LogP contribution >= 0.6 is 11.6 Å². The van der Waals surface area contributed by atoms with Gasteiger partial charge in [0, 0.05) is 54.6 Å². The van der Waals surface area contributed by atoms with Crippen LogP contribution in [0.4, 0.5) is 10.2 Å². The zero-order chi connectivity index (χ0) is 22.0. The van der Waals surface area contributed by atoms with Gasteiger partial charge in [-0.15, -0.1) is 0 Å². The van der Waals surface area contributed by atoms with Gasteiger partial charge in [-0.2, -0.15) is 14.6 Å². The van der Waals surface area contributed by atoms with Crippen molar-refractivity contribution in [1.82, 2.24) is 24.5 Å². The maximum absolute atomic E-state index is 14.2. The molecule has 1 fully saturated rings. The van der Waals surface area contributed by atoms with Gasteiger partial charge < -0.3 is 9.64 Å². The van der Waals surface area contributed by atoms with E-state index in [0.717, 1.165) is 17.1 Å². The van der Waals surface area contributed by atoms with Crippen molar-refractivity contribution in [2.24, 2.45) is 0 Å². The number of ether oxygens (including phenoxy) is 1. The third-order valence-corrected chi connectivity index (χ3v) is 5.80. The molecule has 0 unspecified atom stereocenters. The fourth-order valence-corrected chi connectivity index (χ4v) is 4.10. The molecule has 0 atom stereocenters. The standard InChI is InChI=1S/C21H24ClFN6O2/c1-3-31-19(30)11-15-14(2)26-21-24-13-25-29(21)20(15)28-9-7-27(8-10-28)12-16-17(22)5-4-6-18(16)23/h4-6,13H,3,7-12H2,1-2H3. The van der Waals surface area contributed by atoms with E-state index in [4.69, 9.17) is 16.3 Å². The second kappa shape index (κ2) is 9.15. The molecule has 1 aliphatic rings. The first kappa shape index (κ1) is 21.5. The number of halogens is 2. The maximum Gasteiger partial charge on any atom is 0.310 e. The fourth-order valence-electron chi connectivity index (χ4n) is 3.88. The number of hydrogen-bond donors (Lipinski definition) is 0. The number of piperazine rings is 1. The van der Waals surface area contributed by atoms with Crippen molar-refractivity contribution in [1.29, 1.82) is 0 Å². The highest BCUT2D eigenvalue weighted by atomic mass is 35.5. The number of nitrogens with zero attached hydrogens (tertiary/aromatic N) is 6. The number of aryl methyl sites for hydroxylation is 1. The lowest BCUT2D eigenvalue weighted by Crippen LogP contribution is -2.47. The summed E-state index contributed by atoms with van der Waals surface area (Å²) in [5.74, 6) is 0.694. The minimum absolute atomic E-state index is 0.114. The average molecular weight is 447 g/mol. The monoisotopic (exact) mass is 446 g/mol. The van der Waals surface area contributed by atoms with Gasteiger partial charge in [-0.25, -0.2) is 9.37 Å². The minimum atomic E-state index is -0.305. The average Bonchev–Trinajstić information content (AvgIpc) is 3.20. The van der Waals surface area contributed by atoms with Crippen molar-refractivity contribution in [2.45, 2.75) is 26.8 Å². The van der Waals surface area contributed by atoms with E-state index in [1.165, 1.54) is 12.4 Å². The molecule has 3 heterocycles. The van der Waals surface area contributed by atoms with Crippen LogP contribution in [-0.2, 0) is 22.5 Å². The van der Waals surface area contributed by atoms with Gasteiger partial charge in [0.05, 0.1) is 13.0 Å². The SMILES string of the molecule is CCOC(=O)Cc1c(C)nc2ncnn2c1N1CCN(Cc2c(F)cccc2Cl)CC1. The van der Waals surface area contributed by atoms with Crippen molar-refractivity contribution in [3.63, 3.8) is 0 Å². The zero-order valence-electron chi connectivity index (χ0n) is 17.5. The van der Waals surface area contributed by atoms with E-state index in [-0.39, 0.29) is 18.2 Å². The number of anilines is 1. The highest BCUT2D eigenvalue weighted by molar-refractivity contribution is 6.31. The van der Waals surface area contributed by atoms with Crippen molar-refractivity contribution < 1.29 is 13.9 Å². The quantitative estimate of drug-likeness (QED) is 0.539. The number of benzene rings is 1. The van der Waals surface area contributed by atoms with Gasteiger partial charge >= 0.3 is 5.97 Å². The highest BCUT2D eigenvalue weighted by Crippen LogP contribution is 2.27. The largest absolute Gasteiger partial charge is 0.466 e. The topological polar surface area (TPSA) is 75.9 Å². The Labute approximate surface area is 184 Å². The Morgan fingerprint density at radius 3 is 2.71 bits per heavy atom. The smallest absolute Gasteiger partial charge is 0.310 e. The normalized spacial score (nSPS) is 14.9. The lowest BCUT2D eigenvalue weighted by Gasteiger charge is -2.37. The molecule has 0 radical (unpaired) electrons. The molecule has 3 aromatic rings. The predicted octanol–water partition coefficient (Wildman–Crippen LogP) is 2.65. The van der Waals surface area contributed by atoms with E-state index in [9.17, 15) is 9.18 Å². The molecule has 1 saturated heterocycles. The summed E-state index contributed by atoms with van der Waals surface area (Å²) >= 11 is 6.19. The number of carbonyl (C=O) groups is 1. The zero-order valence-corrected chi connectivity index (χ0v) is 18.3. The van der Waals surface area contributed by atoms with Gasteiger partial charge in [-0.3, -0.25) is 9.69 Å². The Bertz CT molecular complexity index is 1080. The molecule has 0 amide bonds. The minimum Gasteiger partial charge on any atom is -0.466 e. The molecule has 10 heteroatoms. The third-order valence-electron chi connectivity index (χ3n) is 5.45. The number of carbonyl (C=O) groups excluding carboxylic acids is 1. The molecule has 1 aromatic carbocycles. The fraction of sp³-hybridized carbons (Fsp3) is 0.429. The van der Waals surface area contributed by atoms with E-state index in [0.29, 0.717) is 55.7 Å². The summed E-state index contributed by atoms with van der Waals surface area (Å²) in [6.07, 6.45) is 1.57. The molecule has 164 valence electrons. The molecule has 0 spiro atoms. The van der Waals surface area contributed by atoms with E-state index in [1.807, 2.05) is 6.92 Å². The second-order valence-corrected chi connectivity index (χ2v) is 7.82. The molecule has 4 rings (SSSR count). The van der Waals surface area contributed by atoms with Gasteiger partial charge in [0.1, 0.15) is 18.0 Å². The number of aromatic nitrogens is 4. The van der Waals surface area contributed by atoms with Crippen LogP contribution in [0, 0.1) is 12.7 Å². The van der Waals surface area contributed by atoms with Gasteiger partial charge in [0.2, 0.25) is 0 Å². The molecule has 31 heavy (non-hydrogen) atoms. The van der Waals surface area contributed by atoms with Crippen molar-refractivity contribution in [3.8, 4) is 0 Å². The summed E-state index contributed by atoms with van der Waals surface area (Å²) in [4.78, 5) is 25.3. The molecule has 8 nitrogen and oxygen atoms in total. The first-order valence-electron chi connectivity index (χ1n) is 10.2. The Kier molecular flexibility index (Phi) is 6.33. The molecule has 0 saturated carbocycles. The summed E-state index contributed by atoms with van der Waals surface area (Å²) < 4.78 is 21.0. The number of esters is 1. The lowest BCUT2D eigenvalue weighted by atomic mass is 10.1. The Morgan fingerprint density at radius 1 is 1.23 bits per heavy atom. The molecular formula is C21H24ClFN6O2. The summed E-state index contributed by atoms with van der Waals surface area (Å²) in [5.41, 5.74) is 2.02. The Balaban J connectivity index is 1.57. The van der Waals surface area contributed by atoms with Gasteiger partial charge in [0.25, 0.3) is 5.78 Å². The Morgan fingerprint density at radius 2 is 2.00 bits per heavy atom. The summed E-state index contributed by atoms with van der Waals surface area (Å²) in [6, 6.07) is 4.75. The summed E-state index contributed by atoms with van der Waals surface area (Å²) in [6.45, 7) is 7.20. The van der Waals surface area contributed by atoms with Crippen molar-refractivity contribution >= 4 is 29.2 Å². The first-order chi connectivity index (χ1) is 15.0. The summed E-state index contributed by atoms with van der Waals surface area (Å²) in [5, 5.41) is 4.77. The highest BCUT2D eigenvalue weighted by Gasteiger charge is 2.26. The van der Waals surface area contributed by atoms with Crippen LogP contribution in [0.5, 0.6) is 0 Å². The Hall–Kier alpha value is -2.78. The molecule has 2 aromatic heterocycles. The van der Waals surface area contributed by atoms with E-state index in [2.05, 4.69) is 24.9 Å². The third kappa shape index (κ3) is 4.47. The van der Waals surface area contributed by atoms with Crippen LogP contribution in [0.3, 0.4) is 0 Å². The molecule has 1 aliphatic heterocycles. The second-order valence-electron chi connectivity index (χ2n) is 7.42. The van der Waals surface area contributed by atoms with E-state index < -0.39 is 0 Å². The molecule has 0 aliphatic carbocycles. The first-order valence-corrected chi connectivity index (χ1v) is 10.6. The van der Waals surface area contributed by atoms with Gasteiger partial charge in [-0.1, -0.05) is 17.7 Å². The van der Waals surface area contributed by atoms with Crippen LogP contribution < -0.4 is 4.90 Å². The summed E-state index contributed by atoms with van der Waals surface area (Å²) in [7, 11) is 0. The van der Waals surface area contributed by atoms with E-state index >= 15 is 0 Å². The van der Waals surface area contributed by atoms with Crippen LogP contribution in [0.15, 0.2) is 24.5 Å². The predicted molar refractivity (Wildman–Crippen MR) is 115 cm³/mol. The number of fused-ring (bicyclic) bond motifs is 1. The van der Waals surface area contributed by atoms with Crippen LogP contribution in [-0.4, -0.2) is 63.2 Å². The molecule has 0 N–H and O–H groups in total. The van der Waals surface area contributed by atoms with Crippen LogP contribution in [0.2, 0.25) is 5.02 Å². The molecular weight excluding hydrogens is 423 g/mol. The maximum atomic E-state index is 14.2. The molecule has 0 bridgehead atoms. The number of hydrogen-bond acceptors (Lipinski definition) is 7. The van der Waals surface area contributed by atoms with E-state index in [1.54, 1.807) is 23.6 Å².